The third kappa shape index (κ3) is 2.58. The van der Waals surface area contributed by atoms with Gasteiger partial charge in [0, 0.05) is 12.0 Å². The number of hydrogen-bond donors (Lipinski definition) is 0. The molecule has 19 heavy (non-hydrogen) atoms. The zero-order chi connectivity index (χ0) is 13.1. The lowest BCUT2D eigenvalue weighted by Gasteiger charge is -2.05. The molecule has 0 saturated heterocycles. The first-order chi connectivity index (χ1) is 9.33. The van der Waals surface area contributed by atoms with E-state index in [1.54, 1.807) is 0 Å². The predicted molar refractivity (Wildman–Crippen MR) is 74.4 cm³/mol. The van der Waals surface area contributed by atoms with Crippen molar-refractivity contribution in [3.05, 3.63) is 76.9 Å². The Bertz CT molecular complexity index is 627. The molecule has 2 heteroatoms. The summed E-state index contributed by atoms with van der Waals surface area (Å²) in [7, 11) is 0. The summed E-state index contributed by atoms with van der Waals surface area (Å²) in [6.07, 6.45) is 2.59. The summed E-state index contributed by atoms with van der Waals surface area (Å²) in [6, 6.07) is 17.8. The molecule has 2 aromatic rings. The molecular formula is C17H14O2. The van der Waals surface area contributed by atoms with Gasteiger partial charge in [0.2, 0.25) is 0 Å². The quantitative estimate of drug-likeness (QED) is 0.781. The molecule has 0 bridgehead atoms. The minimum atomic E-state index is -0.222. The van der Waals surface area contributed by atoms with E-state index in [0.29, 0.717) is 13.0 Å². The highest BCUT2D eigenvalue weighted by atomic mass is 16.5. The topological polar surface area (TPSA) is 26.3 Å². The molecule has 0 aliphatic heterocycles. The molecule has 0 N–H and O–H groups in total. The largest absolute Gasteiger partial charge is 0.457 e. The maximum Gasteiger partial charge on any atom is 0.334 e. The highest BCUT2D eigenvalue weighted by molar-refractivity contribution is 5.96. The van der Waals surface area contributed by atoms with Crippen LogP contribution in [0.5, 0.6) is 0 Å². The second kappa shape index (κ2) is 5.11. The van der Waals surface area contributed by atoms with E-state index in [1.807, 2.05) is 60.7 Å². The molecule has 0 unspecified atom stereocenters. The molecule has 0 radical (unpaired) electrons. The van der Waals surface area contributed by atoms with E-state index in [4.69, 9.17) is 4.74 Å². The van der Waals surface area contributed by atoms with Crippen molar-refractivity contribution in [2.75, 3.05) is 0 Å². The molecule has 0 heterocycles. The lowest BCUT2D eigenvalue weighted by atomic mass is 10.1. The fraction of sp³-hybridized carbons (Fsp3) is 0.118. The first-order valence-corrected chi connectivity index (χ1v) is 6.32. The van der Waals surface area contributed by atoms with Crippen LogP contribution in [-0.4, -0.2) is 5.97 Å². The van der Waals surface area contributed by atoms with Gasteiger partial charge in [0.15, 0.2) is 0 Å². The van der Waals surface area contributed by atoms with Crippen molar-refractivity contribution in [3.8, 4) is 0 Å². The first kappa shape index (κ1) is 11.7. The Balaban J connectivity index is 1.64. The van der Waals surface area contributed by atoms with Gasteiger partial charge >= 0.3 is 5.97 Å². The van der Waals surface area contributed by atoms with Gasteiger partial charge in [0.1, 0.15) is 6.61 Å². The zero-order valence-electron chi connectivity index (χ0n) is 10.5. The second-order valence-electron chi connectivity index (χ2n) is 4.61. The van der Waals surface area contributed by atoms with Crippen molar-refractivity contribution in [2.24, 2.45) is 0 Å². The van der Waals surface area contributed by atoms with Crippen LogP contribution in [0.25, 0.3) is 6.08 Å². The Morgan fingerprint density at radius 3 is 2.53 bits per heavy atom. The number of carbonyl (C=O) groups is 1. The van der Waals surface area contributed by atoms with E-state index in [1.165, 1.54) is 5.56 Å². The molecule has 0 aromatic heterocycles. The van der Waals surface area contributed by atoms with Gasteiger partial charge in [0.05, 0.1) is 0 Å². The molecule has 1 aliphatic carbocycles. The molecule has 0 fully saturated rings. The number of esters is 1. The maximum atomic E-state index is 12.0. The van der Waals surface area contributed by atoms with Gasteiger partial charge in [-0.3, -0.25) is 0 Å². The molecule has 94 valence electrons. The fourth-order valence-corrected chi connectivity index (χ4v) is 2.23. The molecule has 0 atom stereocenters. The van der Waals surface area contributed by atoms with Crippen LogP contribution in [0.4, 0.5) is 0 Å². The molecule has 0 saturated carbocycles. The number of hydrogen-bond acceptors (Lipinski definition) is 2. The standard InChI is InChI=1S/C17H14O2/c18-17(19-12-13-6-2-1-3-7-13)16-10-14-8-4-5-9-15(14)11-16/h1-10H,11-12H2. The fourth-order valence-electron chi connectivity index (χ4n) is 2.23. The van der Waals surface area contributed by atoms with Crippen LogP contribution < -0.4 is 0 Å². The summed E-state index contributed by atoms with van der Waals surface area (Å²) in [4.78, 5) is 12.0. The second-order valence-corrected chi connectivity index (χ2v) is 4.61. The van der Waals surface area contributed by atoms with Gasteiger partial charge in [-0.25, -0.2) is 4.79 Å². The van der Waals surface area contributed by atoms with E-state index < -0.39 is 0 Å². The molecule has 2 nitrogen and oxygen atoms in total. The Kier molecular flexibility index (Phi) is 3.15. The van der Waals surface area contributed by atoms with E-state index in [9.17, 15) is 4.79 Å². The van der Waals surface area contributed by atoms with Crippen molar-refractivity contribution in [2.45, 2.75) is 13.0 Å². The number of benzene rings is 2. The third-order valence-corrected chi connectivity index (χ3v) is 3.24. The minimum Gasteiger partial charge on any atom is -0.457 e. The Morgan fingerprint density at radius 2 is 1.74 bits per heavy atom. The van der Waals surface area contributed by atoms with Crippen LogP contribution in [-0.2, 0) is 22.6 Å². The monoisotopic (exact) mass is 250 g/mol. The minimum absolute atomic E-state index is 0.222. The molecule has 0 amide bonds. The van der Waals surface area contributed by atoms with E-state index in [-0.39, 0.29) is 5.97 Å². The normalized spacial score (nSPS) is 12.7. The Hall–Kier alpha value is -2.35. The smallest absolute Gasteiger partial charge is 0.334 e. The van der Waals surface area contributed by atoms with Crippen molar-refractivity contribution in [1.29, 1.82) is 0 Å². The highest BCUT2D eigenvalue weighted by Crippen LogP contribution is 2.25. The maximum absolute atomic E-state index is 12.0. The van der Waals surface area contributed by atoms with E-state index in [0.717, 1.165) is 16.7 Å². The van der Waals surface area contributed by atoms with Gasteiger partial charge in [-0.15, -0.1) is 0 Å². The lowest BCUT2D eigenvalue weighted by Crippen LogP contribution is -2.07. The number of ether oxygens (including phenoxy) is 1. The van der Waals surface area contributed by atoms with Gasteiger partial charge in [-0.05, 0) is 22.8 Å². The first-order valence-electron chi connectivity index (χ1n) is 6.32. The number of fused-ring (bicyclic) bond motifs is 1. The molecule has 1 aliphatic rings. The van der Waals surface area contributed by atoms with Crippen molar-refractivity contribution < 1.29 is 9.53 Å². The van der Waals surface area contributed by atoms with Crippen molar-refractivity contribution >= 4 is 12.0 Å². The van der Waals surface area contributed by atoms with Crippen LogP contribution >= 0.6 is 0 Å². The predicted octanol–water partition coefficient (Wildman–Crippen LogP) is 3.37. The zero-order valence-corrected chi connectivity index (χ0v) is 10.5. The summed E-state index contributed by atoms with van der Waals surface area (Å²) >= 11 is 0. The van der Waals surface area contributed by atoms with Crippen LogP contribution in [0.3, 0.4) is 0 Å². The summed E-state index contributed by atoms with van der Waals surface area (Å²) in [5.74, 6) is -0.222. The molecular weight excluding hydrogens is 236 g/mol. The molecule has 2 aromatic carbocycles. The molecule has 0 spiro atoms. The average Bonchev–Trinajstić information content (AvgIpc) is 2.90. The lowest BCUT2D eigenvalue weighted by molar-refractivity contribution is -0.140. The summed E-state index contributed by atoms with van der Waals surface area (Å²) in [6.45, 7) is 0.327. The van der Waals surface area contributed by atoms with Gasteiger partial charge in [-0.2, -0.15) is 0 Å². The Morgan fingerprint density at radius 1 is 1.00 bits per heavy atom. The van der Waals surface area contributed by atoms with E-state index in [2.05, 4.69) is 0 Å². The highest BCUT2D eigenvalue weighted by Gasteiger charge is 2.19. The van der Waals surface area contributed by atoms with Gasteiger partial charge in [0.25, 0.3) is 0 Å². The van der Waals surface area contributed by atoms with Gasteiger partial charge in [-0.1, -0.05) is 54.6 Å². The van der Waals surface area contributed by atoms with Crippen LogP contribution in [0, 0.1) is 0 Å². The van der Waals surface area contributed by atoms with Crippen molar-refractivity contribution in [1.82, 2.24) is 0 Å². The van der Waals surface area contributed by atoms with E-state index >= 15 is 0 Å². The van der Waals surface area contributed by atoms with Gasteiger partial charge < -0.3 is 4.74 Å². The summed E-state index contributed by atoms with van der Waals surface area (Å²) in [5.41, 5.74) is 4.05. The summed E-state index contributed by atoms with van der Waals surface area (Å²) < 4.78 is 5.34. The van der Waals surface area contributed by atoms with Crippen LogP contribution in [0.15, 0.2) is 60.2 Å². The third-order valence-electron chi connectivity index (χ3n) is 3.24. The number of rotatable bonds is 3. The van der Waals surface area contributed by atoms with Crippen molar-refractivity contribution in [3.63, 3.8) is 0 Å². The SMILES string of the molecule is O=C(OCc1ccccc1)C1=Cc2ccccc2C1. The molecule has 3 rings (SSSR count). The Labute approximate surface area is 112 Å². The van der Waals surface area contributed by atoms with Crippen LogP contribution in [0.1, 0.15) is 16.7 Å². The summed E-state index contributed by atoms with van der Waals surface area (Å²) in [5, 5.41) is 0. The number of carbonyl (C=O) groups excluding carboxylic acids is 1. The average molecular weight is 250 g/mol. The van der Waals surface area contributed by atoms with Crippen LogP contribution in [0.2, 0.25) is 0 Å².